The lowest BCUT2D eigenvalue weighted by Gasteiger charge is -2.31. The minimum absolute atomic E-state index is 0.0527. The maximum atomic E-state index is 13.2. The topological polar surface area (TPSA) is 59.2 Å². The van der Waals surface area contributed by atoms with Crippen LogP contribution in [0.25, 0.3) is 11.1 Å². The molecule has 0 unspecified atom stereocenters. The van der Waals surface area contributed by atoms with Crippen molar-refractivity contribution in [3.63, 3.8) is 0 Å². The number of hydrogen-bond donors (Lipinski definition) is 0. The Balaban J connectivity index is 1.64. The van der Waals surface area contributed by atoms with E-state index >= 15 is 0 Å². The summed E-state index contributed by atoms with van der Waals surface area (Å²) in [7, 11) is 0. The Hall–Kier alpha value is -2.69. The van der Waals surface area contributed by atoms with Crippen LogP contribution < -0.4 is 0 Å². The molecule has 1 saturated heterocycles. The van der Waals surface area contributed by atoms with Gasteiger partial charge in [-0.15, -0.1) is 0 Å². The normalized spacial score (nSPS) is 18.4. The third-order valence-corrected chi connectivity index (χ3v) is 5.45. The first-order valence-corrected chi connectivity index (χ1v) is 9.27. The average molecular weight is 349 g/mol. The Morgan fingerprint density at radius 1 is 1.35 bits per heavy atom. The molecule has 5 nitrogen and oxygen atoms in total. The number of benzene rings is 1. The van der Waals surface area contributed by atoms with Gasteiger partial charge < -0.3 is 9.42 Å². The highest BCUT2D eigenvalue weighted by atomic mass is 16.5. The molecule has 0 N–H and O–H groups in total. The van der Waals surface area contributed by atoms with E-state index in [4.69, 9.17) is 4.52 Å². The van der Waals surface area contributed by atoms with Crippen LogP contribution in [0.3, 0.4) is 0 Å². The number of likely N-dealkylation sites (tertiary alicyclic amines) is 1. The van der Waals surface area contributed by atoms with Crippen molar-refractivity contribution < 1.29 is 9.32 Å². The molecule has 0 spiro atoms. The molecule has 0 bridgehead atoms. The summed E-state index contributed by atoms with van der Waals surface area (Å²) < 4.78 is 5.16. The van der Waals surface area contributed by atoms with Gasteiger partial charge in [-0.3, -0.25) is 4.79 Å². The molecule has 3 heterocycles. The number of carbonyl (C=O) groups excluding carboxylic acids is 1. The molecule has 1 aliphatic heterocycles. The number of nitrogens with zero attached hydrogens (tertiary/aromatic N) is 3. The molecule has 1 aliphatic rings. The predicted molar refractivity (Wildman–Crippen MR) is 100 cm³/mol. The number of rotatable bonds is 4. The third-order valence-electron chi connectivity index (χ3n) is 5.45. The summed E-state index contributed by atoms with van der Waals surface area (Å²) in [4.78, 5) is 19.5. The molecule has 2 atom stereocenters. The van der Waals surface area contributed by atoms with Crippen LogP contribution in [0.1, 0.15) is 53.7 Å². The van der Waals surface area contributed by atoms with E-state index in [-0.39, 0.29) is 11.9 Å². The standard InChI is InChI=1S/C21H23N3O2/c1-3-17(15-8-5-4-6-9-15)19-10-7-11-24(19)21(25)16-12-18-14(2)23-26-20(18)22-13-16/h4-6,8-9,12-13,17,19H,3,7,10-11H2,1-2H3/t17-,19-/m0/s1. The van der Waals surface area contributed by atoms with E-state index in [1.165, 1.54) is 5.56 Å². The van der Waals surface area contributed by atoms with E-state index in [0.717, 1.165) is 36.9 Å². The van der Waals surface area contributed by atoms with Crippen LogP contribution in [0.5, 0.6) is 0 Å². The summed E-state index contributed by atoms with van der Waals surface area (Å²) in [6.45, 7) is 4.86. The Kier molecular flexibility index (Phi) is 4.45. The van der Waals surface area contributed by atoms with E-state index in [2.05, 4.69) is 41.3 Å². The van der Waals surface area contributed by atoms with E-state index < -0.39 is 0 Å². The summed E-state index contributed by atoms with van der Waals surface area (Å²) >= 11 is 0. The first kappa shape index (κ1) is 16.8. The smallest absolute Gasteiger partial charge is 0.257 e. The monoisotopic (exact) mass is 349 g/mol. The van der Waals surface area contributed by atoms with Crippen molar-refractivity contribution in [2.24, 2.45) is 0 Å². The first-order valence-electron chi connectivity index (χ1n) is 9.27. The van der Waals surface area contributed by atoms with Crippen molar-refractivity contribution in [2.75, 3.05) is 6.54 Å². The number of amides is 1. The van der Waals surface area contributed by atoms with Gasteiger partial charge in [0.25, 0.3) is 11.6 Å². The summed E-state index contributed by atoms with van der Waals surface area (Å²) in [5.74, 6) is 0.411. The Morgan fingerprint density at radius 3 is 2.92 bits per heavy atom. The summed E-state index contributed by atoms with van der Waals surface area (Å²) in [5, 5.41) is 4.73. The van der Waals surface area contributed by atoms with Crippen molar-refractivity contribution in [2.45, 2.75) is 45.1 Å². The third kappa shape index (κ3) is 2.87. The minimum Gasteiger partial charge on any atom is -0.336 e. The molecule has 1 aromatic carbocycles. The highest BCUT2D eigenvalue weighted by molar-refractivity contribution is 5.97. The highest BCUT2D eigenvalue weighted by Gasteiger charge is 2.35. The van der Waals surface area contributed by atoms with Crippen LogP contribution >= 0.6 is 0 Å². The van der Waals surface area contributed by atoms with Gasteiger partial charge in [0.15, 0.2) is 0 Å². The van der Waals surface area contributed by atoms with Crippen LogP contribution in [0, 0.1) is 6.92 Å². The van der Waals surface area contributed by atoms with Gasteiger partial charge in [-0.1, -0.05) is 42.4 Å². The first-order chi connectivity index (χ1) is 12.7. The predicted octanol–water partition coefficient (Wildman–Crippen LogP) is 4.33. The molecule has 2 aromatic heterocycles. The van der Waals surface area contributed by atoms with Gasteiger partial charge in [-0.25, -0.2) is 4.98 Å². The lowest BCUT2D eigenvalue weighted by Crippen LogP contribution is -2.39. The van der Waals surface area contributed by atoms with E-state index in [1.807, 2.05) is 24.0 Å². The molecule has 0 saturated carbocycles. The van der Waals surface area contributed by atoms with E-state index in [0.29, 0.717) is 17.2 Å². The molecular formula is C21H23N3O2. The van der Waals surface area contributed by atoms with Crippen molar-refractivity contribution in [3.8, 4) is 0 Å². The maximum Gasteiger partial charge on any atom is 0.257 e. The molecule has 3 aromatic rings. The second-order valence-corrected chi connectivity index (χ2v) is 6.98. The number of pyridine rings is 1. The average Bonchev–Trinajstić information content (AvgIpc) is 3.30. The molecule has 0 aliphatic carbocycles. The Bertz CT molecular complexity index is 919. The van der Waals surface area contributed by atoms with Crippen LogP contribution in [-0.2, 0) is 0 Å². The second kappa shape index (κ2) is 6.90. The minimum atomic E-state index is 0.0527. The molecule has 1 fully saturated rings. The molecule has 26 heavy (non-hydrogen) atoms. The fourth-order valence-corrected chi connectivity index (χ4v) is 4.12. The van der Waals surface area contributed by atoms with Crippen molar-refractivity contribution in [1.29, 1.82) is 0 Å². The molecule has 4 rings (SSSR count). The van der Waals surface area contributed by atoms with Crippen molar-refractivity contribution in [3.05, 3.63) is 59.4 Å². The number of fused-ring (bicyclic) bond motifs is 1. The maximum absolute atomic E-state index is 13.2. The number of hydrogen-bond acceptors (Lipinski definition) is 4. The largest absolute Gasteiger partial charge is 0.336 e. The summed E-state index contributed by atoms with van der Waals surface area (Å²) in [6.07, 6.45) is 4.71. The zero-order valence-corrected chi connectivity index (χ0v) is 15.2. The van der Waals surface area contributed by atoms with E-state index in [9.17, 15) is 4.79 Å². The van der Waals surface area contributed by atoms with Gasteiger partial charge in [0.2, 0.25) is 0 Å². The fraction of sp³-hybridized carbons (Fsp3) is 0.381. The van der Waals surface area contributed by atoms with E-state index in [1.54, 1.807) is 6.20 Å². The Morgan fingerprint density at radius 2 is 2.15 bits per heavy atom. The molecule has 134 valence electrons. The Labute approximate surface area is 153 Å². The summed E-state index contributed by atoms with van der Waals surface area (Å²) in [6, 6.07) is 12.6. The van der Waals surface area contributed by atoms with Crippen LogP contribution in [0.15, 0.2) is 47.1 Å². The lowest BCUT2D eigenvalue weighted by atomic mass is 9.87. The number of aryl methyl sites for hydroxylation is 1. The second-order valence-electron chi connectivity index (χ2n) is 6.98. The van der Waals surface area contributed by atoms with Crippen molar-refractivity contribution in [1.82, 2.24) is 15.0 Å². The zero-order chi connectivity index (χ0) is 18.1. The zero-order valence-electron chi connectivity index (χ0n) is 15.2. The van der Waals surface area contributed by atoms with Gasteiger partial charge in [-0.2, -0.15) is 0 Å². The van der Waals surface area contributed by atoms with Gasteiger partial charge in [-0.05, 0) is 37.8 Å². The van der Waals surface area contributed by atoms with Crippen LogP contribution in [-0.4, -0.2) is 33.5 Å². The lowest BCUT2D eigenvalue weighted by molar-refractivity contribution is 0.0714. The van der Waals surface area contributed by atoms with Gasteiger partial charge >= 0.3 is 0 Å². The molecule has 0 radical (unpaired) electrons. The number of carbonyl (C=O) groups is 1. The molecule has 1 amide bonds. The SMILES string of the molecule is CC[C@@H](c1ccccc1)[C@@H]1CCCN1C(=O)c1cnc2onc(C)c2c1. The van der Waals surface area contributed by atoms with Gasteiger partial charge in [0.1, 0.15) is 0 Å². The highest BCUT2D eigenvalue weighted by Crippen LogP contribution is 2.34. The van der Waals surface area contributed by atoms with Crippen LogP contribution in [0.4, 0.5) is 0 Å². The van der Waals surface area contributed by atoms with Crippen LogP contribution in [0.2, 0.25) is 0 Å². The quantitative estimate of drug-likeness (QED) is 0.703. The summed E-state index contributed by atoms with van der Waals surface area (Å²) in [5.41, 5.74) is 3.16. The molecular weight excluding hydrogens is 326 g/mol. The van der Waals surface area contributed by atoms with Crippen molar-refractivity contribution >= 4 is 17.0 Å². The van der Waals surface area contributed by atoms with Gasteiger partial charge in [0, 0.05) is 24.7 Å². The fourth-order valence-electron chi connectivity index (χ4n) is 4.12. The molecule has 5 heteroatoms. The number of aromatic nitrogens is 2. The van der Waals surface area contributed by atoms with Gasteiger partial charge in [0.05, 0.1) is 16.6 Å².